The molecule has 0 bridgehead atoms. The summed E-state index contributed by atoms with van der Waals surface area (Å²) in [5.41, 5.74) is 7.48. The normalized spacial score (nSPS) is 10.6. The van der Waals surface area contributed by atoms with Crippen LogP contribution in [-0.4, -0.2) is 4.98 Å². The fourth-order valence-electron chi connectivity index (χ4n) is 1.45. The molecule has 0 aliphatic heterocycles. The van der Waals surface area contributed by atoms with Gasteiger partial charge in [-0.15, -0.1) is 0 Å². The summed E-state index contributed by atoms with van der Waals surface area (Å²) in [4.78, 5) is 2.92. The lowest BCUT2D eigenvalue weighted by Crippen LogP contribution is -1.94. The molecule has 1 aromatic heterocycles. The quantitative estimate of drug-likeness (QED) is 0.781. The molecule has 2 aromatic rings. The smallest absolute Gasteiger partial charge is 0.126 e. The number of aromatic nitrogens is 1. The summed E-state index contributed by atoms with van der Waals surface area (Å²) in [6.07, 6.45) is 1.68. The third-order valence-electron chi connectivity index (χ3n) is 2.16. The molecule has 1 heterocycles. The molecule has 0 radical (unpaired) electrons. The van der Waals surface area contributed by atoms with Gasteiger partial charge in [0.15, 0.2) is 0 Å². The van der Waals surface area contributed by atoms with Crippen LogP contribution in [0, 0.1) is 11.6 Å². The Morgan fingerprint density at radius 2 is 1.67 bits per heavy atom. The van der Waals surface area contributed by atoms with E-state index in [1.807, 2.05) is 0 Å². The van der Waals surface area contributed by atoms with Crippen LogP contribution < -0.4 is 5.73 Å². The maximum Gasteiger partial charge on any atom is 0.126 e. The number of aromatic amines is 1. The molecule has 2 rings (SSSR count). The monoisotopic (exact) mass is 208 g/mol. The van der Waals surface area contributed by atoms with Crippen molar-refractivity contribution in [1.29, 1.82) is 0 Å². The first-order valence-electron chi connectivity index (χ1n) is 4.53. The van der Waals surface area contributed by atoms with Crippen molar-refractivity contribution < 1.29 is 8.78 Å². The van der Waals surface area contributed by atoms with Crippen LogP contribution in [0.1, 0.15) is 5.69 Å². The fourth-order valence-corrected chi connectivity index (χ4v) is 1.45. The first-order chi connectivity index (χ1) is 7.19. The van der Waals surface area contributed by atoms with Gasteiger partial charge in [-0.2, -0.15) is 0 Å². The van der Waals surface area contributed by atoms with E-state index in [2.05, 4.69) is 4.98 Å². The fraction of sp³-hybridized carbons (Fsp3) is 0.0909. The molecule has 0 saturated carbocycles. The van der Waals surface area contributed by atoms with E-state index >= 15 is 0 Å². The third kappa shape index (κ3) is 2.05. The van der Waals surface area contributed by atoms with Gasteiger partial charge in [0.05, 0.1) is 0 Å². The number of nitrogens with two attached hydrogens (primary N) is 1. The second-order valence-corrected chi connectivity index (χ2v) is 3.28. The van der Waals surface area contributed by atoms with Crippen molar-refractivity contribution in [2.24, 2.45) is 5.73 Å². The van der Waals surface area contributed by atoms with E-state index in [1.54, 1.807) is 12.3 Å². The SMILES string of the molecule is NCc1cc(-c2cc(F)cc(F)c2)c[nH]1. The number of hydrogen-bond donors (Lipinski definition) is 2. The van der Waals surface area contributed by atoms with Gasteiger partial charge in [0, 0.05) is 24.5 Å². The Balaban J connectivity index is 2.44. The molecule has 0 fully saturated rings. The predicted octanol–water partition coefficient (Wildman–Crippen LogP) is 2.42. The zero-order valence-corrected chi connectivity index (χ0v) is 7.93. The van der Waals surface area contributed by atoms with Gasteiger partial charge in [-0.3, -0.25) is 0 Å². The summed E-state index contributed by atoms with van der Waals surface area (Å²) >= 11 is 0. The zero-order chi connectivity index (χ0) is 10.8. The van der Waals surface area contributed by atoms with Crippen molar-refractivity contribution in [3.63, 3.8) is 0 Å². The molecule has 2 nitrogen and oxygen atoms in total. The van der Waals surface area contributed by atoms with E-state index < -0.39 is 11.6 Å². The summed E-state index contributed by atoms with van der Waals surface area (Å²) in [7, 11) is 0. The Morgan fingerprint density at radius 3 is 2.20 bits per heavy atom. The van der Waals surface area contributed by atoms with Gasteiger partial charge in [0.2, 0.25) is 0 Å². The standard InChI is InChI=1S/C11H10F2N2/c12-9-1-7(2-10(13)4-9)8-3-11(5-14)15-6-8/h1-4,6,15H,5,14H2. The number of nitrogens with one attached hydrogen (secondary N) is 1. The number of H-pyrrole nitrogens is 1. The molecular weight excluding hydrogens is 198 g/mol. The van der Waals surface area contributed by atoms with Crippen molar-refractivity contribution in [1.82, 2.24) is 4.98 Å². The van der Waals surface area contributed by atoms with E-state index in [0.29, 0.717) is 12.1 Å². The van der Waals surface area contributed by atoms with E-state index in [9.17, 15) is 8.78 Å². The van der Waals surface area contributed by atoms with Crippen molar-refractivity contribution in [2.45, 2.75) is 6.54 Å². The van der Waals surface area contributed by atoms with Gasteiger partial charge in [0.25, 0.3) is 0 Å². The Labute approximate surface area is 85.7 Å². The summed E-state index contributed by atoms with van der Waals surface area (Å²) in [6.45, 7) is 0.373. The molecule has 0 spiro atoms. The minimum absolute atomic E-state index is 0.373. The van der Waals surface area contributed by atoms with Gasteiger partial charge in [-0.25, -0.2) is 8.78 Å². The van der Waals surface area contributed by atoms with E-state index in [0.717, 1.165) is 17.3 Å². The van der Waals surface area contributed by atoms with Crippen LogP contribution in [0.15, 0.2) is 30.5 Å². The molecule has 0 amide bonds. The maximum atomic E-state index is 12.9. The van der Waals surface area contributed by atoms with Crippen LogP contribution in [0.25, 0.3) is 11.1 Å². The predicted molar refractivity (Wildman–Crippen MR) is 54.0 cm³/mol. The van der Waals surface area contributed by atoms with Crippen LogP contribution in [-0.2, 0) is 6.54 Å². The summed E-state index contributed by atoms with van der Waals surface area (Å²) < 4.78 is 25.9. The molecule has 0 aliphatic carbocycles. The van der Waals surface area contributed by atoms with Crippen molar-refractivity contribution >= 4 is 0 Å². The van der Waals surface area contributed by atoms with E-state index in [1.165, 1.54) is 12.1 Å². The molecule has 0 atom stereocenters. The van der Waals surface area contributed by atoms with Crippen LogP contribution in [0.5, 0.6) is 0 Å². The minimum atomic E-state index is -0.583. The number of rotatable bonds is 2. The Bertz CT molecular complexity index is 457. The first kappa shape index (κ1) is 9.86. The molecule has 4 heteroatoms. The van der Waals surface area contributed by atoms with Crippen molar-refractivity contribution in [3.8, 4) is 11.1 Å². The molecule has 15 heavy (non-hydrogen) atoms. The second kappa shape index (κ2) is 3.82. The lowest BCUT2D eigenvalue weighted by molar-refractivity contribution is 0.584. The highest BCUT2D eigenvalue weighted by atomic mass is 19.1. The number of halogens is 2. The van der Waals surface area contributed by atoms with Crippen molar-refractivity contribution in [2.75, 3.05) is 0 Å². The van der Waals surface area contributed by atoms with E-state index in [4.69, 9.17) is 5.73 Å². The molecule has 3 N–H and O–H groups in total. The number of hydrogen-bond acceptors (Lipinski definition) is 1. The highest BCUT2D eigenvalue weighted by Gasteiger charge is 2.04. The summed E-state index contributed by atoms with van der Waals surface area (Å²) in [5, 5.41) is 0. The van der Waals surface area contributed by atoms with Gasteiger partial charge in [-0.05, 0) is 29.3 Å². The maximum absolute atomic E-state index is 12.9. The zero-order valence-electron chi connectivity index (χ0n) is 7.93. The lowest BCUT2D eigenvalue weighted by Gasteiger charge is -1.98. The molecule has 1 aromatic carbocycles. The Kier molecular flexibility index (Phi) is 2.51. The van der Waals surface area contributed by atoms with Gasteiger partial charge >= 0.3 is 0 Å². The summed E-state index contributed by atoms with van der Waals surface area (Å²) in [5.74, 6) is -1.17. The largest absolute Gasteiger partial charge is 0.363 e. The first-order valence-corrected chi connectivity index (χ1v) is 4.53. The molecule has 0 unspecified atom stereocenters. The van der Waals surface area contributed by atoms with Crippen LogP contribution in [0.3, 0.4) is 0 Å². The van der Waals surface area contributed by atoms with Crippen LogP contribution in [0.2, 0.25) is 0 Å². The highest BCUT2D eigenvalue weighted by Crippen LogP contribution is 2.22. The minimum Gasteiger partial charge on any atom is -0.363 e. The molecule has 0 saturated heterocycles. The van der Waals surface area contributed by atoms with Crippen LogP contribution >= 0.6 is 0 Å². The van der Waals surface area contributed by atoms with E-state index in [-0.39, 0.29) is 0 Å². The number of benzene rings is 1. The Morgan fingerprint density at radius 1 is 1.00 bits per heavy atom. The highest BCUT2D eigenvalue weighted by molar-refractivity contribution is 5.63. The van der Waals surface area contributed by atoms with Gasteiger partial charge < -0.3 is 10.7 Å². The van der Waals surface area contributed by atoms with Gasteiger partial charge in [0.1, 0.15) is 11.6 Å². The second-order valence-electron chi connectivity index (χ2n) is 3.28. The van der Waals surface area contributed by atoms with Crippen LogP contribution in [0.4, 0.5) is 8.78 Å². The molecule has 78 valence electrons. The lowest BCUT2D eigenvalue weighted by atomic mass is 10.1. The third-order valence-corrected chi connectivity index (χ3v) is 2.16. The van der Waals surface area contributed by atoms with Crippen molar-refractivity contribution in [3.05, 3.63) is 47.8 Å². The summed E-state index contributed by atoms with van der Waals surface area (Å²) in [6, 6.07) is 5.19. The Hall–Kier alpha value is -1.68. The molecule has 0 aliphatic rings. The van der Waals surface area contributed by atoms with Gasteiger partial charge in [-0.1, -0.05) is 0 Å². The average molecular weight is 208 g/mol. The molecular formula is C11H10F2N2. The topological polar surface area (TPSA) is 41.8 Å². The average Bonchev–Trinajstić information content (AvgIpc) is 2.64.